The van der Waals surface area contributed by atoms with Crippen molar-refractivity contribution in [3.05, 3.63) is 71.3 Å². The standard InChI is InChI=1S/C25H34N2O2/c1-6-26-24(29)19(2)27(18-21-10-8-7-9-11-21)23(28)17-14-20-12-15-22(16-13-20)25(3,4)5/h7-13,15-16,19H,6,14,17-18H2,1-5H3,(H,26,29). The van der Waals surface area contributed by atoms with Gasteiger partial charge in [-0.3, -0.25) is 9.59 Å². The van der Waals surface area contributed by atoms with E-state index in [1.165, 1.54) is 5.56 Å². The van der Waals surface area contributed by atoms with Gasteiger partial charge in [0.25, 0.3) is 0 Å². The van der Waals surface area contributed by atoms with E-state index in [0.29, 0.717) is 25.9 Å². The lowest BCUT2D eigenvalue weighted by Crippen LogP contribution is -2.47. The Morgan fingerprint density at radius 2 is 1.59 bits per heavy atom. The van der Waals surface area contributed by atoms with Gasteiger partial charge in [-0.05, 0) is 42.4 Å². The van der Waals surface area contributed by atoms with Crippen molar-refractivity contribution in [2.75, 3.05) is 6.54 Å². The van der Waals surface area contributed by atoms with Gasteiger partial charge in [0.1, 0.15) is 6.04 Å². The predicted octanol–water partition coefficient (Wildman–Crippen LogP) is 4.47. The molecule has 29 heavy (non-hydrogen) atoms. The van der Waals surface area contributed by atoms with Crippen LogP contribution in [0.2, 0.25) is 0 Å². The smallest absolute Gasteiger partial charge is 0.242 e. The number of rotatable bonds is 8. The second-order valence-electron chi connectivity index (χ2n) is 8.52. The van der Waals surface area contributed by atoms with Crippen LogP contribution in [0.1, 0.15) is 57.7 Å². The Balaban J connectivity index is 2.08. The third kappa shape index (κ3) is 6.74. The highest BCUT2D eigenvalue weighted by Crippen LogP contribution is 2.22. The first-order valence-electron chi connectivity index (χ1n) is 10.4. The van der Waals surface area contributed by atoms with Crippen LogP contribution in [0, 0.1) is 0 Å². The molecule has 2 amide bonds. The lowest BCUT2D eigenvalue weighted by Gasteiger charge is -2.29. The number of likely N-dealkylation sites (N-methyl/N-ethyl adjacent to an activating group) is 1. The van der Waals surface area contributed by atoms with Crippen LogP contribution in [0.3, 0.4) is 0 Å². The molecule has 2 aromatic rings. The molecular weight excluding hydrogens is 360 g/mol. The van der Waals surface area contributed by atoms with E-state index in [9.17, 15) is 9.59 Å². The summed E-state index contributed by atoms with van der Waals surface area (Å²) >= 11 is 0. The van der Waals surface area contributed by atoms with Crippen LogP contribution in [0.5, 0.6) is 0 Å². The van der Waals surface area contributed by atoms with E-state index in [1.54, 1.807) is 11.8 Å². The average Bonchev–Trinajstić information content (AvgIpc) is 2.70. The first-order valence-corrected chi connectivity index (χ1v) is 10.4. The molecule has 0 saturated heterocycles. The number of carbonyl (C=O) groups is 2. The molecule has 2 rings (SSSR count). The number of benzene rings is 2. The summed E-state index contributed by atoms with van der Waals surface area (Å²) in [7, 11) is 0. The van der Waals surface area contributed by atoms with Crippen molar-refractivity contribution in [3.63, 3.8) is 0 Å². The van der Waals surface area contributed by atoms with Gasteiger partial charge in [-0.25, -0.2) is 0 Å². The van der Waals surface area contributed by atoms with Crippen LogP contribution < -0.4 is 5.32 Å². The second-order valence-corrected chi connectivity index (χ2v) is 8.52. The summed E-state index contributed by atoms with van der Waals surface area (Å²) in [6, 6.07) is 17.8. The number of nitrogens with zero attached hydrogens (tertiary/aromatic N) is 1. The third-order valence-electron chi connectivity index (χ3n) is 5.16. The van der Waals surface area contributed by atoms with Crippen LogP contribution in [0.4, 0.5) is 0 Å². The first-order chi connectivity index (χ1) is 13.7. The molecule has 0 bridgehead atoms. The minimum Gasteiger partial charge on any atom is -0.355 e. The minimum absolute atomic E-state index is 0.00694. The molecule has 4 nitrogen and oxygen atoms in total. The topological polar surface area (TPSA) is 49.4 Å². The van der Waals surface area contributed by atoms with Gasteiger partial charge >= 0.3 is 0 Å². The molecule has 156 valence electrons. The zero-order valence-corrected chi connectivity index (χ0v) is 18.4. The maximum atomic E-state index is 13.0. The van der Waals surface area contributed by atoms with Gasteiger partial charge in [0, 0.05) is 19.5 Å². The number of amides is 2. The Kier molecular flexibility index (Phi) is 8.00. The number of aryl methyl sites for hydroxylation is 1. The fraction of sp³-hybridized carbons (Fsp3) is 0.440. The molecule has 2 aromatic carbocycles. The lowest BCUT2D eigenvalue weighted by atomic mass is 9.86. The van der Waals surface area contributed by atoms with E-state index in [4.69, 9.17) is 0 Å². The van der Waals surface area contributed by atoms with Crippen molar-refractivity contribution in [3.8, 4) is 0 Å². The highest BCUT2D eigenvalue weighted by Gasteiger charge is 2.25. The molecule has 1 atom stereocenters. The Hall–Kier alpha value is -2.62. The van der Waals surface area contributed by atoms with E-state index in [2.05, 4.69) is 50.4 Å². The second kappa shape index (κ2) is 10.2. The van der Waals surface area contributed by atoms with Crippen LogP contribution in [-0.2, 0) is 28.0 Å². The highest BCUT2D eigenvalue weighted by atomic mass is 16.2. The number of nitrogens with one attached hydrogen (secondary N) is 1. The van der Waals surface area contributed by atoms with Gasteiger partial charge in [-0.1, -0.05) is 75.4 Å². The van der Waals surface area contributed by atoms with Crippen LogP contribution >= 0.6 is 0 Å². The molecule has 0 aliphatic heterocycles. The van der Waals surface area contributed by atoms with Crippen molar-refractivity contribution in [2.24, 2.45) is 0 Å². The lowest BCUT2D eigenvalue weighted by molar-refractivity contribution is -0.140. The summed E-state index contributed by atoms with van der Waals surface area (Å²) in [5.41, 5.74) is 3.55. The van der Waals surface area contributed by atoms with E-state index < -0.39 is 6.04 Å². The zero-order valence-electron chi connectivity index (χ0n) is 18.4. The maximum absolute atomic E-state index is 13.0. The van der Waals surface area contributed by atoms with Gasteiger partial charge in [-0.15, -0.1) is 0 Å². The molecule has 1 N–H and O–H groups in total. The summed E-state index contributed by atoms with van der Waals surface area (Å²) < 4.78 is 0. The largest absolute Gasteiger partial charge is 0.355 e. The average molecular weight is 395 g/mol. The summed E-state index contributed by atoms with van der Waals surface area (Å²) in [4.78, 5) is 27.1. The quantitative estimate of drug-likeness (QED) is 0.718. The zero-order chi connectivity index (χ0) is 21.4. The summed E-state index contributed by atoms with van der Waals surface area (Å²) in [6.07, 6.45) is 1.04. The number of hydrogen-bond acceptors (Lipinski definition) is 2. The Morgan fingerprint density at radius 3 is 2.14 bits per heavy atom. The maximum Gasteiger partial charge on any atom is 0.242 e. The Labute approximate surface area is 175 Å². The van der Waals surface area contributed by atoms with Crippen molar-refractivity contribution >= 4 is 11.8 Å². The molecule has 0 aliphatic carbocycles. The number of hydrogen-bond donors (Lipinski definition) is 1. The van der Waals surface area contributed by atoms with Crippen molar-refractivity contribution < 1.29 is 9.59 Å². The van der Waals surface area contributed by atoms with E-state index >= 15 is 0 Å². The molecular formula is C25H34N2O2. The molecule has 0 fully saturated rings. The molecule has 0 spiro atoms. The van der Waals surface area contributed by atoms with Crippen molar-refractivity contribution in [1.29, 1.82) is 0 Å². The fourth-order valence-electron chi connectivity index (χ4n) is 3.25. The Morgan fingerprint density at radius 1 is 0.966 bits per heavy atom. The van der Waals surface area contributed by atoms with E-state index in [1.807, 2.05) is 37.3 Å². The fourth-order valence-corrected chi connectivity index (χ4v) is 3.25. The highest BCUT2D eigenvalue weighted by molar-refractivity contribution is 5.87. The van der Waals surface area contributed by atoms with Crippen LogP contribution in [0.15, 0.2) is 54.6 Å². The molecule has 0 saturated carbocycles. The molecule has 0 aliphatic rings. The minimum atomic E-state index is -0.508. The SMILES string of the molecule is CCNC(=O)C(C)N(Cc1ccccc1)C(=O)CCc1ccc(C(C)(C)C)cc1. The van der Waals surface area contributed by atoms with E-state index in [-0.39, 0.29) is 17.2 Å². The van der Waals surface area contributed by atoms with Gasteiger partial charge in [0.15, 0.2) is 0 Å². The predicted molar refractivity (Wildman–Crippen MR) is 119 cm³/mol. The Bertz CT molecular complexity index is 792. The van der Waals surface area contributed by atoms with E-state index in [0.717, 1.165) is 11.1 Å². The molecule has 1 unspecified atom stereocenters. The molecule has 0 heterocycles. The molecule has 0 aromatic heterocycles. The van der Waals surface area contributed by atoms with Crippen molar-refractivity contribution in [1.82, 2.24) is 10.2 Å². The van der Waals surface area contributed by atoms with Gasteiger partial charge in [0.2, 0.25) is 11.8 Å². The number of carbonyl (C=O) groups excluding carboxylic acids is 2. The third-order valence-corrected chi connectivity index (χ3v) is 5.16. The molecule has 4 heteroatoms. The summed E-state index contributed by atoms with van der Waals surface area (Å²) in [5.74, 6) is -0.126. The summed E-state index contributed by atoms with van der Waals surface area (Å²) in [5, 5.41) is 2.83. The van der Waals surface area contributed by atoms with Gasteiger partial charge in [-0.2, -0.15) is 0 Å². The van der Waals surface area contributed by atoms with Crippen molar-refractivity contribution in [2.45, 2.75) is 65.5 Å². The summed E-state index contributed by atoms with van der Waals surface area (Å²) in [6.45, 7) is 11.2. The molecule has 0 radical (unpaired) electrons. The normalized spacial score (nSPS) is 12.3. The van der Waals surface area contributed by atoms with Crippen LogP contribution in [0.25, 0.3) is 0 Å². The van der Waals surface area contributed by atoms with Gasteiger partial charge in [0.05, 0.1) is 0 Å². The first kappa shape index (κ1) is 22.7. The monoisotopic (exact) mass is 394 g/mol. The van der Waals surface area contributed by atoms with Gasteiger partial charge < -0.3 is 10.2 Å². The van der Waals surface area contributed by atoms with Crippen LogP contribution in [-0.4, -0.2) is 29.3 Å².